The Hall–Kier alpha value is -3.93. The highest BCUT2D eigenvalue weighted by Gasteiger charge is 2.27. The van der Waals surface area contributed by atoms with Crippen LogP contribution in [0.25, 0.3) is 11.2 Å². The number of nitrogens with zero attached hydrogens (tertiary/aromatic N) is 7. The maximum Gasteiger partial charge on any atom is 0.273 e. The Morgan fingerprint density at radius 3 is 2.83 bits per heavy atom. The highest BCUT2D eigenvalue weighted by Crippen LogP contribution is 2.41. The number of carbonyl (C=O) groups is 1. The van der Waals surface area contributed by atoms with Crippen molar-refractivity contribution in [3.63, 3.8) is 0 Å². The molecule has 0 atom stereocenters. The molecule has 1 saturated carbocycles. The average Bonchev–Trinajstić information content (AvgIpc) is 3.26. The summed E-state index contributed by atoms with van der Waals surface area (Å²) in [6.45, 7) is 0.0877. The molecule has 1 N–H and O–H groups in total. The van der Waals surface area contributed by atoms with Gasteiger partial charge in [-0.3, -0.25) is 4.79 Å². The molecule has 1 aliphatic carbocycles. The molecular weight excluding hydrogens is 497 g/mol. The lowest BCUT2D eigenvalue weighted by molar-refractivity contribution is 0.0945. The molecule has 13 heteroatoms. The fourth-order valence-corrected chi connectivity index (χ4v) is 4.34. The fourth-order valence-electron chi connectivity index (χ4n) is 4.19. The van der Waals surface area contributed by atoms with E-state index in [1.807, 2.05) is 6.20 Å². The van der Waals surface area contributed by atoms with Crippen LogP contribution in [0.3, 0.4) is 0 Å². The first-order chi connectivity index (χ1) is 17.4. The summed E-state index contributed by atoms with van der Waals surface area (Å²) in [5, 5.41) is 10.4. The van der Waals surface area contributed by atoms with E-state index < -0.39 is 18.1 Å². The van der Waals surface area contributed by atoms with Gasteiger partial charge in [0.15, 0.2) is 11.5 Å². The van der Waals surface area contributed by atoms with E-state index in [1.54, 1.807) is 16.8 Å². The van der Waals surface area contributed by atoms with Gasteiger partial charge in [0.05, 0.1) is 47.6 Å². The minimum absolute atomic E-state index is 0.0325. The quantitative estimate of drug-likeness (QED) is 0.352. The first-order valence-corrected chi connectivity index (χ1v) is 11.5. The highest BCUT2D eigenvalue weighted by molar-refractivity contribution is 6.31. The summed E-state index contributed by atoms with van der Waals surface area (Å²) in [5.41, 5.74) is 1.99. The largest absolute Gasteiger partial charge is 0.345 e. The minimum atomic E-state index is -2.64. The van der Waals surface area contributed by atoms with Crippen LogP contribution in [0.2, 0.25) is 5.02 Å². The normalized spacial score (nSPS) is 13.8. The van der Waals surface area contributed by atoms with E-state index in [9.17, 15) is 18.0 Å². The van der Waals surface area contributed by atoms with Crippen LogP contribution in [0.4, 0.5) is 13.2 Å². The number of imidazole rings is 2. The molecule has 5 aromatic heterocycles. The zero-order valence-electron chi connectivity index (χ0n) is 18.6. The highest BCUT2D eigenvalue weighted by atomic mass is 35.5. The number of carbonyl (C=O) groups excluding carboxylic acids is 1. The smallest absolute Gasteiger partial charge is 0.273 e. The van der Waals surface area contributed by atoms with Crippen molar-refractivity contribution in [1.82, 2.24) is 39.1 Å². The number of fused-ring (bicyclic) bond motifs is 2. The average molecular weight is 515 g/mol. The second-order valence-corrected chi connectivity index (χ2v) is 9.08. The Bertz CT molecular complexity index is 1620. The maximum atomic E-state index is 14.4. The molecule has 1 aliphatic rings. The van der Waals surface area contributed by atoms with Crippen LogP contribution in [0.5, 0.6) is 0 Å². The van der Waals surface area contributed by atoms with Gasteiger partial charge in [-0.25, -0.2) is 27.8 Å². The molecule has 0 aromatic carbocycles. The molecule has 5 heterocycles. The molecule has 6 rings (SSSR count). The summed E-state index contributed by atoms with van der Waals surface area (Å²) >= 11 is 5.85. The van der Waals surface area contributed by atoms with Gasteiger partial charge in [0.2, 0.25) is 0 Å². The summed E-state index contributed by atoms with van der Waals surface area (Å²) in [6.07, 6.45) is 7.29. The number of pyridine rings is 2. The summed E-state index contributed by atoms with van der Waals surface area (Å²) in [4.78, 5) is 21.1. The maximum absolute atomic E-state index is 14.4. The minimum Gasteiger partial charge on any atom is -0.345 e. The predicted molar refractivity (Wildman–Crippen MR) is 123 cm³/mol. The van der Waals surface area contributed by atoms with E-state index in [1.165, 1.54) is 33.7 Å². The van der Waals surface area contributed by atoms with Crippen molar-refractivity contribution < 1.29 is 18.0 Å². The molecule has 184 valence electrons. The molecule has 0 saturated heterocycles. The predicted octanol–water partition coefficient (Wildman–Crippen LogP) is 4.16. The van der Waals surface area contributed by atoms with E-state index in [0.29, 0.717) is 17.3 Å². The third-order valence-electron chi connectivity index (χ3n) is 6.11. The Balaban J connectivity index is 1.17. The molecule has 1 amide bonds. The number of rotatable bonds is 7. The second kappa shape index (κ2) is 8.63. The van der Waals surface area contributed by atoms with Crippen molar-refractivity contribution in [2.24, 2.45) is 0 Å². The molecule has 0 bridgehead atoms. The van der Waals surface area contributed by atoms with Crippen molar-refractivity contribution in [3.05, 3.63) is 82.3 Å². The lowest BCUT2D eigenvalue weighted by Gasteiger charge is -2.06. The molecule has 36 heavy (non-hydrogen) atoms. The van der Waals surface area contributed by atoms with Crippen LogP contribution in [-0.2, 0) is 13.1 Å². The van der Waals surface area contributed by atoms with Crippen LogP contribution in [-0.4, -0.2) is 39.7 Å². The van der Waals surface area contributed by atoms with E-state index in [2.05, 4.69) is 25.6 Å². The van der Waals surface area contributed by atoms with Gasteiger partial charge in [-0.2, -0.15) is 0 Å². The molecular formula is C23H18ClF3N8O. The van der Waals surface area contributed by atoms with Gasteiger partial charge in [0.25, 0.3) is 12.3 Å². The Kier molecular flexibility index (Phi) is 5.40. The molecule has 5 aromatic rings. The standard InChI is InChI=1S/C23H18ClF3N8O/c24-16-3-4-33-11-29-17(20(33)19(16)25)6-28-23(36)18-10-35(32-31-18)9-14-8-34-7-13(12-1-2-12)5-15(21(26)27)22(34)30-14/h3-5,7-8,10-12,21H,1-2,6,9H2,(H,28,36). The van der Waals surface area contributed by atoms with Gasteiger partial charge in [0, 0.05) is 18.6 Å². The van der Waals surface area contributed by atoms with Crippen LogP contribution in [0, 0.1) is 5.82 Å². The first-order valence-electron chi connectivity index (χ1n) is 11.1. The van der Waals surface area contributed by atoms with Crippen molar-refractivity contribution in [1.29, 1.82) is 0 Å². The van der Waals surface area contributed by atoms with Gasteiger partial charge in [-0.05, 0) is 36.5 Å². The lowest BCUT2D eigenvalue weighted by Crippen LogP contribution is -2.23. The molecule has 1 fully saturated rings. The molecule has 0 aliphatic heterocycles. The van der Waals surface area contributed by atoms with Gasteiger partial charge in [-0.15, -0.1) is 5.10 Å². The SMILES string of the molecule is O=C(NCc1ncn2ccc(Cl)c(F)c12)c1cn(Cc2cn3cc(C4CC4)cc(C(F)F)c3n2)nn1. The van der Waals surface area contributed by atoms with Gasteiger partial charge in [-0.1, -0.05) is 16.8 Å². The lowest BCUT2D eigenvalue weighted by atomic mass is 10.1. The van der Waals surface area contributed by atoms with E-state index in [4.69, 9.17) is 11.6 Å². The van der Waals surface area contributed by atoms with E-state index in [0.717, 1.165) is 18.4 Å². The topological polar surface area (TPSA) is 94.4 Å². The van der Waals surface area contributed by atoms with Gasteiger partial charge in [0.1, 0.15) is 11.2 Å². The fraction of sp³-hybridized carbons (Fsp3) is 0.261. The van der Waals surface area contributed by atoms with E-state index in [-0.39, 0.29) is 40.5 Å². The summed E-state index contributed by atoms with van der Waals surface area (Å²) in [5.74, 6) is -0.838. The van der Waals surface area contributed by atoms with Crippen LogP contribution >= 0.6 is 11.6 Å². The first kappa shape index (κ1) is 22.5. The third-order valence-corrected chi connectivity index (χ3v) is 6.41. The monoisotopic (exact) mass is 514 g/mol. The van der Waals surface area contributed by atoms with Crippen LogP contribution in [0.1, 0.15) is 58.2 Å². The molecule has 0 unspecified atom stereocenters. The Morgan fingerprint density at radius 2 is 2.06 bits per heavy atom. The number of amides is 1. The Labute approximate surface area is 206 Å². The summed E-state index contributed by atoms with van der Waals surface area (Å²) in [7, 11) is 0. The molecule has 0 spiro atoms. The summed E-state index contributed by atoms with van der Waals surface area (Å²) < 4.78 is 46.1. The number of hydrogen-bond acceptors (Lipinski definition) is 5. The van der Waals surface area contributed by atoms with E-state index >= 15 is 0 Å². The van der Waals surface area contributed by atoms with Crippen molar-refractivity contribution in [2.75, 3.05) is 0 Å². The van der Waals surface area contributed by atoms with Crippen molar-refractivity contribution >= 4 is 28.7 Å². The van der Waals surface area contributed by atoms with Crippen LogP contribution < -0.4 is 5.32 Å². The van der Waals surface area contributed by atoms with Crippen molar-refractivity contribution in [2.45, 2.75) is 38.3 Å². The summed E-state index contributed by atoms with van der Waals surface area (Å²) in [6, 6.07) is 2.95. The van der Waals surface area contributed by atoms with Gasteiger partial charge < -0.3 is 14.1 Å². The van der Waals surface area contributed by atoms with Crippen molar-refractivity contribution in [3.8, 4) is 0 Å². The third kappa shape index (κ3) is 4.06. The molecule has 0 radical (unpaired) electrons. The second-order valence-electron chi connectivity index (χ2n) is 8.68. The number of halogens is 4. The number of hydrogen-bond donors (Lipinski definition) is 1. The van der Waals surface area contributed by atoms with Crippen LogP contribution in [0.15, 0.2) is 43.2 Å². The number of alkyl halides is 2. The number of aromatic nitrogens is 7. The zero-order valence-corrected chi connectivity index (χ0v) is 19.3. The zero-order chi connectivity index (χ0) is 25.0. The number of nitrogens with one attached hydrogen (secondary N) is 1. The Morgan fingerprint density at radius 1 is 1.22 bits per heavy atom. The van der Waals surface area contributed by atoms with Gasteiger partial charge >= 0.3 is 0 Å². The molecule has 9 nitrogen and oxygen atoms in total.